The number of fused-ring (bicyclic) bond motifs is 2. The first-order valence-corrected chi connectivity index (χ1v) is 15.3. The summed E-state index contributed by atoms with van der Waals surface area (Å²) in [7, 11) is 5.53. The molecule has 2 aliphatic rings. The predicted molar refractivity (Wildman–Crippen MR) is 169 cm³/mol. The van der Waals surface area contributed by atoms with Gasteiger partial charge in [-0.25, -0.2) is 14.6 Å². The normalized spacial score (nSPS) is 16.8. The SMILES string of the molecule is COCCN1CCN(c2nc3c(C4CCOCC4)nc(-n4ncc5c(C)nc(-c6cnccc6OC)cc54)cc3n2C)CC1. The van der Waals surface area contributed by atoms with E-state index in [0.29, 0.717) is 0 Å². The maximum atomic E-state index is 5.73. The Hall–Kier alpha value is -4.13. The van der Waals surface area contributed by atoms with E-state index in [1.165, 1.54) is 0 Å². The van der Waals surface area contributed by atoms with Crippen molar-refractivity contribution >= 4 is 27.9 Å². The molecule has 0 unspecified atom stereocenters. The Bertz CT molecular complexity index is 1790. The number of aromatic nitrogens is 7. The van der Waals surface area contributed by atoms with Gasteiger partial charge in [-0.1, -0.05) is 0 Å². The van der Waals surface area contributed by atoms with Crippen LogP contribution >= 0.6 is 0 Å². The van der Waals surface area contributed by atoms with Crippen molar-refractivity contribution in [3.63, 3.8) is 0 Å². The molecule has 7 heterocycles. The van der Waals surface area contributed by atoms with E-state index < -0.39 is 0 Å². The van der Waals surface area contributed by atoms with Crippen molar-refractivity contribution in [2.24, 2.45) is 7.05 Å². The Morgan fingerprint density at radius 2 is 1.80 bits per heavy atom. The topological polar surface area (TPSA) is 108 Å². The van der Waals surface area contributed by atoms with E-state index in [9.17, 15) is 0 Å². The summed E-state index contributed by atoms with van der Waals surface area (Å²) in [6, 6.07) is 6.02. The molecule has 0 bridgehead atoms. The predicted octanol–water partition coefficient (Wildman–Crippen LogP) is 3.74. The van der Waals surface area contributed by atoms with E-state index in [1.54, 1.807) is 26.6 Å². The van der Waals surface area contributed by atoms with Gasteiger partial charge in [-0.15, -0.1) is 0 Å². The first-order valence-electron chi connectivity index (χ1n) is 15.3. The number of nitrogens with zero attached hydrogens (tertiary/aromatic N) is 9. The molecular weight excluding hydrogens is 558 g/mol. The van der Waals surface area contributed by atoms with Gasteiger partial charge >= 0.3 is 0 Å². The van der Waals surface area contributed by atoms with E-state index in [4.69, 9.17) is 34.3 Å². The average molecular weight is 598 g/mol. The fraction of sp³-hybridized carbons (Fsp3) is 0.469. The number of aryl methyl sites for hydroxylation is 2. The average Bonchev–Trinajstić information content (AvgIpc) is 3.65. The van der Waals surface area contributed by atoms with Crippen LogP contribution in [-0.2, 0) is 16.5 Å². The van der Waals surface area contributed by atoms with Crippen LogP contribution < -0.4 is 9.64 Å². The van der Waals surface area contributed by atoms with E-state index in [-0.39, 0.29) is 5.92 Å². The lowest BCUT2D eigenvalue weighted by Crippen LogP contribution is -2.48. The monoisotopic (exact) mass is 597 g/mol. The van der Waals surface area contributed by atoms with Crippen molar-refractivity contribution in [3.8, 4) is 22.8 Å². The Labute approximate surface area is 256 Å². The Morgan fingerprint density at radius 1 is 0.977 bits per heavy atom. The first-order chi connectivity index (χ1) is 21.6. The minimum absolute atomic E-state index is 0.264. The lowest BCUT2D eigenvalue weighted by molar-refractivity contribution is 0.0848. The summed E-state index contributed by atoms with van der Waals surface area (Å²) in [5, 5.41) is 5.82. The van der Waals surface area contributed by atoms with Gasteiger partial charge in [0, 0.05) is 95.6 Å². The molecule has 5 aromatic rings. The number of pyridine rings is 3. The highest BCUT2D eigenvalue weighted by Crippen LogP contribution is 2.36. The smallest absolute Gasteiger partial charge is 0.206 e. The maximum Gasteiger partial charge on any atom is 0.206 e. The molecule has 0 radical (unpaired) electrons. The van der Waals surface area contributed by atoms with Gasteiger partial charge in [-0.05, 0) is 31.9 Å². The van der Waals surface area contributed by atoms with Gasteiger partial charge in [-0.2, -0.15) is 5.10 Å². The molecule has 44 heavy (non-hydrogen) atoms. The molecule has 230 valence electrons. The highest BCUT2D eigenvalue weighted by molar-refractivity contribution is 5.88. The van der Waals surface area contributed by atoms with Gasteiger partial charge in [0.25, 0.3) is 0 Å². The highest BCUT2D eigenvalue weighted by Gasteiger charge is 2.27. The molecule has 2 saturated heterocycles. The van der Waals surface area contributed by atoms with Crippen LogP contribution in [-0.4, -0.2) is 106 Å². The zero-order chi connectivity index (χ0) is 30.2. The molecule has 0 saturated carbocycles. The van der Waals surface area contributed by atoms with E-state index in [2.05, 4.69) is 32.5 Å². The Morgan fingerprint density at radius 3 is 2.57 bits per heavy atom. The quantitative estimate of drug-likeness (QED) is 0.262. The van der Waals surface area contributed by atoms with Gasteiger partial charge < -0.3 is 23.7 Å². The molecule has 0 N–H and O–H groups in total. The van der Waals surface area contributed by atoms with Crippen LogP contribution in [0, 0.1) is 6.92 Å². The fourth-order valence-electron chi connectivity index (χ4n) is 6.47. The van der Waals surface area contributed by atoms with E-state index >= 15 is 0 Å². The molecule has 0 atom stereocenters. The molecule has 2 aliphatic heterocycles. The first kappa shape index (κ1) is 28.6. The van der Waals surface area contributed by atoms with Crippen molar-refractivity contribution < 1.29 is 14.2 Å². The van der Waals surface area contributed by atoms with Crippen molar-refractivity contribution in [2.45, 2.75) is 25.7 Å². The van der Waals surface area contributed by atoms with Gasteiger partial charge in [0.1, 0.15) is 11.3 Å². The largest absolute Gasteiger partial charge is 0.496 e. The van der Waals surface area contributed by atoms with Crippen LogP contribution in [0.5, 0.6) is 5.75 Å². The fourth-order valence-corrected chi connectivity index (χ4v) is 6.47. The summed E-state index contributed by atoms with van der Waals surface area (Å²) in [5.41, 5.74) is 6.46. The molecule has 5 aromatic heterocycles. The summed E-state index contributed by atoms with van der Waals surface area (Å²) >= 11 is 0. The zero-order valence-corrected chi connectivity index (χ0v) is 25.9. The Balaban J connectivity index is 1.33. The second kappa shape index (κ2) is 12.1. The van der Waals surface area contributed by atoms with Crippen molar-refractivity contribution in [1.82, 2.24) is 39.2 Å². The third kappa shape index (κ3) is 5.16. The van der Waals surface area contributed by atoms with Crippen molar-refractivity contribution in [2.75, 3.05) is 71.7 Å². The summed E-state index contributed by atoms with van der Waals surface area (Å²) in [4.78, 5) is 24.6. The highest BCUT2D eigenvalue weighted by atomic mass is 16.5. The van der Waals surface area contributed by atoms with Crippen LogP contribution in [0.2, 0.25) is 0 Å². The second-order valence-corrected chi connectivity index (χ2v) is 11.6. The second-order valence-electron chi connectivity index (χ2n) is 11.6. The molecule has 2 fully saturated rings. The van der Waals surface area contributed by atoms with Gasteiger partial charge in [-0.3, -0.25) is 14.9 Å². The van der Waals surface area contributed by atoms with Crippen molar-refractivity contribution in [3.05, 3.63) is 48.2 Å². The molecular formula is C32H39N9O3. The number of hydrogen-bond acceptors (Lipinski definition) is 10. The van der Waals surface area contributed by atoms with Crippen LogP contribution in [0.3, 0.4) is 0 Å². The zero-order valence-electron chi connectivity index (χ0n) is 25.9. The van der Waals surface area contributed by atoms with Crippen LogP contribution in [0.4, 0.5) is 5.95 Å². The molecule has 0 spiro atoms. The van der Waals surface area contributed by atoms with Crippen molar-refractivity contribution in [1.29, 1.82) is 0 Å². The van der Waals surface area contributed by atoms with Gasteiger partial charge in [0.2, 0.25) is 5.95 Å². The third-order valence-corrected chi connectivity index (χ3v) is 8.99. The maximum absolute atomic E-state index is 5.73. The number of methoxy groups -OCH3 is 2. The molecule has 0 amide bonds. The third-order valence-electron chi connectivity index (χ3n) is 8.99. The number of rotatable bonds is 8. The lowest BCUT2D eigenvalue weighted by atomic mass is 9.95. The number of piperazine rings is 1. The van der Waals surface area contributed by atoms with Gasteiger partial charge in [0.15, 0.2) is 5.82 Å². The molecule has 12 heteroatoms. The number of ether oxygens (including phenoxy) is 3. The van der Waals surface area contributed by atoms with Crippen LogP contribution in [0.15, 0.2) is 36.8 Å². The van der Waals surface area contributed by atoms with Crippen LogP contribution in [0.1, 0.15) is 30.1 Å². The minimum atomic E-state index is 0.264. The molecule has 0 aliphatic carbocycles. The number of hydrogen-bond donors (Lipinski definition) is 0. The summed E-state index contributed by atoms with van der Waals surface area (Å²) in [6.07, 6.45) is 7.22. The molecule has 7 rings (SSSR count). The lowest BCUT2D eigenvalue weighted by Gasteiger charge is -2.35. The standard InChI is InChI=1S/C32H39N9O3/c1-21-23-20-34-41(26(23)17-25(35-21)24-19-33-8-5-28(24)43-4)29-18-27-31(30(36-29)22-6-14-44-15-7-22)37-32(38(27)2)40-11-9-39(10-12-40)13-16-42-3/h5,8,17-20,22H,6-7,9-16H2,1-4H3. The number of imidazole rings is 1. The summed E-state index contributed by atoms with van der Waals surface area (Å²) in [6.45, 7) is 8.99. The van der Waals surface area contributed by atoms with Gasteiger partial charge in [0.05, 0.1) is 47.9 Å². The van der Waals surface area contributed by atoms with E-state index in [1.807, 2.05) is 29.9 Å². The molecule has 12 nitrogen and oxygen atoms in total. The van der Waals surface area contributed by atoms with E-state index in [0.717, 1.165) is 127 Å². The Kier molecular flexibility index (Phi) is 7.87. The summed E-state index contributed by atoms with van der Waals surface area (Å²) < 4.78 is 20.8. The minimum Gasteiger partial charge on any atom is -0.496 e. The molecule has 0 aromatic carbocycles. The van der Waals surface area contributed by atoms with Crippen LogP contribution in [0.25, 0.3) is 39.0 Å². The summed E-state index contributed by atoms with van der Waals surface area (Å²) in [5.74, 6) is 2.73. The number of anilines is 1.